The zero-order valence-corrected chi connectivity index (χ0v) is 14.6. The first kappa shape index (κ1) is 17.5. The zero-order valence-electron chi connectivity index (χ0n) is 14.6. The van der Waals surface area contributed by atoms with Gasteiger partial charge in [-0.15, -0.1) is 0 Å². The van der Waals surface area contributed by atoms with Crippen LogP contribution in [-0.2, 0) is 16.1 Å². The molecule has 2 aromatic carbocycles. The summed E-state index contributed by atoms with van der Waals surface area (Å²) in [5.74, 6) is -0.295. The van der Waals surface area contributed by atoms with E-state index in [-0.39, 0.29) is 18.3 Å². The maximum absolute atomic E-state index is 12.2. The number of amides is 1. The van der Waals surface area contributed by atoms with E-state index in [0.29, 0.717) is 23.4 Å². The monoisotopic (exact) mass is 353 g/mol. The molecule has 1 aromatic heterocycles. The minimum absolute atomic E-state index is 0.0871. The molecule has 0 atom stereocenters. The van der Waals surface area contributed by atoms with Gasteiger partial charge in [0.1, 0.15) is 11.3 Å². The van der Waals surface area contributed by atoms with Gasteiger partial charge in [0.25, 0.3) is 5.91 Å². The Balaban J connectivity index is 1.60. The highest BCUT2D eigenvalue weighted by Gasteiger charge is 2.20. The predicted molar refractivity (Wildman–Crippen MR) is 96.1 cm³/mol. The normalized spacial score (nSPS) is 10.5. The van der Waals surface area contributed by atoms with Gasteiger partial charge in [-0.05, 0) is 30.7 Å². The second-order valence-electron chi connectivity index (χ2n) is 5.76. The second-order valence-corrected chi connectivity index (χ2v) is 5.76. The van der Waals surface area contributed by atoms with E-state index in [2.05, 4.69) is 5.32 Å². The second kappa shape index (κ2) is 7.74. The third kappa shape index (κ3) is 3.85. The molecule has 0 radical (unpaired) electrons. The Bertz CT molecular complexity index is 930. The van der Waals surface area contributed by atoms with Crippen LogP contribution in [0.4, 0.5) is 0 Å². The molecule has 0 unspecified atom stereocenters. The summed E-state index contributed by atoms with van der Waals surface area (Å²) in [6.07, 6.45) is 0. The van der Waals surface area contributed by atoms with E-state index in [1.807, 2.05) is 30.3 Å². The van der Waals surface area contributed by atoms with Crippen molar-refractivity contribution < 1.29 is 23.5 Å². The largest absolute Gasteiger partial charge is 0.497 e. The Kier molecular flexibility index (Phi) is 5.22. The summed E-state index contributed by atoms with van der Waals surface area (Å²) in [6.45, 7) is 1.77. The maximum atomic E-state index is 12.2. The molecule has 0 aliphatic heterocycles. The van der Waals surface area contributed by atoms with E-state index in [9.17, 15) is 9.59 Å². The quantitative estimate of drug-likeness (QED) is 0.689. The SMILES string of the molecule is COc1ccc2oc(C(=O)OCC(=O)NCc3ccccc3)c(C)c2c1. The molecule has 6 heteroatoms. The Morgan fingerprint density at radius 2 is 1.88 bits per heavy atom. The van der Waals surface area contributed by atoms with Gasteiger partial charge in [-0.2, -0.15) is 0 Å². The summed E-state index contributed by atoms with van der Waals surface area (Å²) >= 11 is 0. The van der Waals surface area contributed by atoms with E-state index in [0.717, 1.165) is 10.9 Å². The number of carbonyl (C=O) groups is 2. The molecule has 26 heavy (non-hydrogen) atoms. The van der Waals surface area contributed by atoms with Crippen molar-refractivity contribution in [3.05, 3.63) is 65.4 Å². The lowest BCUT2D eigenvalue weighted by Crippen LogP contribution is -2.28. The van der Waals surface area contributed by atoms with Gasteiger partial charge in [0.15, 0.2) is 6.61 Å². The standard InChI is InChI=1S/C20H19NO5/c1-13-16-10-15(24-2)8-9-17(16)26-19(13)20(23)25-12-18(22)21-11-14-6-4-3-5-7-14/h3-10H,11-12H2,1-2H3,(H,21,22). The van der Waals surface area contributed by atoms with Crippen molar-refractivity contribution >= 4 is 22.8 Å². The molecule has 0 fully saturated rings. The van der Waals surface area contributed by atoms with Crippen LogP contribution in [0.3, 0.4) is 0 Å². The molecule has 1 amide bonds. The number of esters is 1. The number of benzene rings is 2. The first-order valence-corrected chi connectivity index (χ1v) is 8.13. The van der Waals surface area contributed by atoms with Crippen LogP contribution in [0.5, 0.6) is 5.75 Å². The van der Waals surface area contributed by atoms with Crippen LogP contribution in [0.2, 0.25) is 0 Å². The van der Waals surface area contributed by atoms with E-state index in [4.69, 9.17) is 13.9 Å². The van der Waals surface area contributed by atoms with E-state index in [1.165, 1.54) is 0 Å². The van der Waals surface area contributed by atoms with Crippen LogP contribution in [0.1, 0.15) is 21.7 Å². The van der Waals surface area contributed by atoms with Gasteiger partial charge in [-0.25, -0.2) is 4.79 Å². The first-order chi connectivity index (χ1) is 12.6. The lowest BCUT2D eigenvalue weighted by Gasteiger charge is -2.06. The fourth-order valence-electron chi connectivity index (χ4n) is 2.57. The molecular formula is C20H19NO5. The van der Waals surface area contributed by atoms with Crippen molar-refractivity contribution in [1.29, 1.82) is 0 Å². The van der Waals surface area contributed by atoms with E-state index in [1.54, 1.807) is 32.2 Å². The Labute approximate surface area is 150 Å². The molecule has 3 rings (SSSR count). The fraction of sp³-hybridized carbons (Fsp3) is 0.200. The number of nitrogens with one attached hydrogen (secondary N) is 1. The molecule has 1 heterocycles. The number of ether oxygens (including phenoxy) is 2. The Hall–Kier alpha value is -3.28. The average molecular weight is 353 g/mol. The van der Waals surface area contributed by atoms with Gasteiger partial charge in [0.2, 0.25) is 5.76 Å². The van der Waals surface area contributed by atoms with Gasteiger partial charge in [-0.3, -0.25) is 4.79 Å². The van der Waals surface area contributed by atoms with Gasteiger partial charge in [0, 0.05) is 17.5 Å². The molecule has 134 valence electrons. The van der Waals surface area contributed by atoms with E-state index >= 15 is 0 Å². The highest BCUT2D eigenvalue weighted by Crippen LogP contribution is 2.29. The molecular weight excluding hydrogens is 334 g/mol. The third-order valence-corrected chi connectivity index (χ3v) is 4.00. The number of rotatable bonds is 6. The number of fused-ring (bicyclic) bond motifs is 1. The molecule has 3 aromatic rings. The van der Waals surface area contributed by atoms with Crippen LogP contribution in [0.25, 0.3) is 11.0 Å². The summed E-state index contributed by atoms with van der Waals surface area (Å²) in [5, 5.41) is 3.47. The lowest BCUT2D eigenvalue weighted by atomic mass is 10.1. The maximum Gasteiger partial charge on any atom is 0.375 e. The Morgan fingerprint density at radius 3 is 2.62 bits per heavy atom. The van der Waals surface area contributed by atoms with Gasteiger partial charge in [-0.1, -0.05) is 30.3 Å². The van der Waals surface area contributed by atoms with Crippen LogP contribution < -0.4 is 10.1 Å². The van der Waals surface area contributed by atoms with Crippen LogP contribution in [-0.4, -0.2) is 25.6 Å². The van der Waals surface area contributed by atoms with Crippen molar-refractivity contribution in [2.45, 2.75) is 13.5 Å². The number of aryl methyl sites for hydroxylation is 1. The van der Waals surface area contributed by atoms with Crippen LogP contribution in [0.15, 0.2) is 52.9 Å². The van der Waals surface area contributed by atoms with Crippen LogP contribution in [0, 0.1) is 6.92 Å². The Morgan fingerprint density at radius 1 is 1.12 bits per heavy atom. The van der Waals surface area contributed by atoms with E-state index < -0.39 is 5.97 Å². The minimum Gasteiger partial charge on any atom is -0.497 e. The van der Waals surface area contributed by atoms with Crippen molar-refractivity contribution in [2.75, 3.05) is 13.7 Å². The van der Waals surface area contributed by atoms with Crippen molar-refractivity contribution in [2.24, 2.45) is 0 Å². The predicted octanol–water partition coefficient (Wildman–Crippen LogP) is 3.22. The van der Waals surface area contributed by atoms with Crippen molar-refractivity contribution in [3.8, 4) is 5.75 Å². The lowest BCUT2D eigenvalue weighted by molar-refractivity contribution is -0.124. The van der Waals surface area contributed by atoms with Gasteiger partial charge < -0.3 is 19.2 Å². The molecule has 6 nitrogen and oxygen atoms in total. The summed E-state index contributed by atoms with van der Waals surface area (Å²) in [7, 11) is 1.57. The first-order valence-electron chi connectivity index (χ1n) is 8.13. The van der Waals surface area contributed by atoms with Crippen molar-refractivity contribution in [3.63, 3.8) is 0 Å². The fourth-order valence-corrected chi connectivity index (χ4v) is 2.57. The van der Waals surface area contributed by atoms with Crippen LogP contribution >= 0.6 is 0 Å². The number of furan rings is 1. The van der Waals surface area contributed by atoms with Gasteiger partial charge >= 0.3 is 5.97 Å². The molecule has 0 aliphatic carbocycles. The molecule has 0 bridgehead atoms. The number of methoxy groups -OCH3 is 1. The molecule has 0 saturated carbocycles. The number of carbonyl (C=O) groups excluding carboxylic acids is 2. The summed E-state index contributed by atoms with van der Waals surface area (Å²) < 4.78 is 15.8. The zero-order chi connectivity index (χ0) is 18.5. The number of hydrogen-bond donors (Lipinski definition) is 1. The summed E-state index contributed by atoms with van der Waals surface area (Å²) in [4.78, 5) is 24.1. The summed E-state index contributed by atoms with van der Waals surface area (Å²) in [6, 6.07) is 14.7. The molecule has 0 saturated heterocycles. The average Bonchev–Trinajstić information content (AvgIpc) is 3.01. The molecule has 1 N–H and O–H groups in total. The molecule has 0 aliphatic rings. The smallest absolute Gasteiger partial charge is 0.375 e. The highest BCUT2D eigenvalue weighted by molar-refractivity contribution is 5.97. The van der Waals surface area contributed by atoms with Crippen molar-refractivity contribution in [1.82, 2.24) is 5.32 Å². The van der Waals surface area contributed by atoms with Gasteiger partial charge in [0.05, 0.1) is 7.11 Å². The topological polar surface area (TPSA) is 77.8 Å². The third-order valence-electron chi connectivity index (χ3n) is 4.00. The molecule has 0 spiro atoms. The number of hydrogen-bond acceptors (Lipinski definition) is 5. The summed E-state index contributed by atoms with van der Waals surface area (Å²) in [5.41, 5.74) is 2.17. The highest BCUT2D eigenvalue weighted by atomic mass is 16.5. The minimum atomic E-state index is -0.674.